The molecule has 0 unspecified atom stereocenters. The third-order valence-electron chi connectivity index (χ3n) is 2.21. The Morgan fingerprint density at radius 1 is 1.18 bits per heavy atom. The van der Waals surface area contributed by atoms with Gasteiger partial charge in [-0.15, -0.1) is 0 Å². The molecular weight excluding hydrogens is 224 g/mol. The lowest BCUT2D eigenvalue weighted by molar-refractivity contribution is 0.117. The molecule has 1 aromatic rings. The highest BCUT2D eigenvalue weighted by molar-refractivity contribution is 5.16. The van der Waals surface area contributed by atoms with Gasteiger partial charge in [0.25, 0.3) is 0 Å². The normalized spacial score (nSPS) is 11.1. The second-order valence-electron chi connectivity index (χ2n) is 4.29. The fraction of sp³-hybridized carbons (Fsp3) is 0.538. The van der Waals surface area contributed by atoms with Gasteiger partial charge in [0.2, 0.25) is 0 Å². The second kappa shape index (κ2) is 7.35. The average molecular weight is 243 g/mol. The number of hydrogen-bond acceptors (Lipinski definition) is 2. The zero-order chi connectivity index (χ0) is 12.7. The summed E-state index contributed by atoms with van der Waals surface area (Å²) < 4.78 is 31.0. The molecule has 0 aliphatic heterocycles. The molecule has 0 bridgehead atoms. The van der Waals surface area contributed by atoms with E-state index in [4.69, 9.17) is 4.74 Å². The summed E-state index contributed by atoms with van der Waals surface area (Å²) in [5.74, 6) is -1.13. The van der Waals surface area contributed by atoms with Gasteiger partial charge in [-0.05, 0) is 30.7 Å². The van der Waals surface area contributed by atoms with Gasteiger partial charge in [0, 0.05) is 18.7 Å². The molecule has 0 aliphatic carbocycles. The summed E-state index contributed by atoms with van der Waals surface area (Å²) in [6, 6.07) is 3.90. The third-order valence-corrected chi connectivity index (χ3v) is 2.21. The van der Waals surface area contributed by atoms with Crippen molar-refractivity contribution >= 4 is 0 Å². The van der Waals surface area contributed by atoms with Crippen molar-refractivity contribution in [2.45, 2.75) is 32.9 Å². The number of benzene rings is 1. The van der Waals surface area contributed by atoms with Crippen LogP contribution in [0.4, 0.5) is 8.78 Å². The van der Waals surface area contributed by atoms with E-state index in [9.17, 15) is 8.78 Å². The first-order valence-electron chi connectivity index (χ1n) is 5.84. The molecule has 0 spiro atoms. The first-order chi connectivity index (χ1) is 8.08. The van der Waals surface area contributed by atoms with Gasteiger partial charge in [-0.1, -0.05) is 13.8 Å². The van der Waals surface area contributed by atoms with Gasteiger partial charge in [0.1, 0.15) is 11.6 Å². The standard InChI is InChI=1S/C13H19F2NO/c1-10(2)16-4-3-5-17-9-11-6-12(14)8-13(15)7-11/h6-8,10,16H,3-5,9H2,1-2H3. The SMILES string of the molecule is CC(C)NCCCOCc1cc(F)cc(F)c1. The molecule has 1 aromatic carbocycles. The zero-order valence-electron chi connectivity index (χ0n) is 10.3. The maximum Gasteiger partial charge on any atom is 0.126 e. The first-order valence-corrected chi connectivity index (χ1v) is 5.84. The van der Waals surface area contributed by atoms with E-state index in [1.807, 2.05) is 0 Å². The Morgan fingerprint density at radius 2 is 1.82 bits per heavy atom. The second-order valence-corrected chi connectivity index (χ2v) is 4.29. The zero-order valence-corrected chi connectivity index (χ0v) is 10.3. The van der Waals surface area contributed by atoms with Crippen molar-refractivity contribution in [3.05, 3.63) is 35.4 Å². The number of ether oxygens (including phenoxy) is 1. The van der Waals surface area contributed by atoms with Gasteiger partial charge in [-0.25, -0.2) is 8.78 Å². The molecule has 0 saturated heterocycles. The summed E-state index contributed by atoms with van der Waals surface area (Å²) in [6.07, 6.45) is 0.885. The van der Waals surface area contributed by atoms with E-state index in [2.05, 4.69) is 19.2 Å². The van der Waals surface area contributed by atoms with Crippen molar-refractivity contribution in [2.75, 3.05) is 13.2 Å². The van der Waals surface area contributed by atoms with Crippen molar-refractivity contribution < 1.29 is 13.5 Å². The Hall–Kier alpha value is -1.00. The van der Waals surface area contributed by atoms with E-state index in [-0.39, 0.29) is 6.61 Å². The summed E-state index contributed by atoms with van der Waals surface area (Å²) in [5, 5.41) is 3.26. The van der Waals surface area contributed by atoms with Gasteiger partial charge < -0.3 is 10.1 Å². The van der Waals surface area contributed by atoms with E-state index in [1.165, 1.54) is 12.1 Å². The van der Waals surface area contributed by atoms with Crippen LogP contribution >= 0.6 is 0 Å². The highest BCUT2D eigenvalue weighted by atomic mass is 19.1. The van der Waals surface area contributed by atoms with Crippen LogP contribution in [0.2, 0.25) is 0 Å². The molecule has 0 aromatic heterocycles. The molecule has 0 aliphatic rings. The predicted molar refractivity (Wildman–Crippen MR) is 63.8 cm³/mol. The molecule has 17 heavy (non-hydrogen) atoms. The van der Waals surface area contributed by atoms with Gasteiger partial charge in [-0.3, -0.25) is 0 Å². The van der Waals surface area contributed by atoms with Crippen LogP contribution < -0.4 is 5.32 Å². The minimum absolute atomic E-state index is 0.246. The minimum Gasteiger partial charge on any atom is -0.377 e. The van der Waals surface area contributed by atoms with Gasteiger partial charge in [-0.2, -0.15) is 0 Å². The Kier molecular flexibility index (Phi) is 6.08. The molecule has 0 atom stereocenters. The van der Waals surface area contributed by atoms with Crippen LogP contribution in [-0.2, 0) is 11.3 Å². The summed E-state index contributed by atoms with van der Waals surface area (Å²) in [5.41, 5.74) is 0.527. The monoisotopic (exact) mass is 243 g/mol. The fourth-order valence-electron chi connectivity index (χ4n) is 1.45. The van der Waals surface area contributed by atoms with E-state index in [1.54, 1.807) is 0 Å². The lowest BCUT2D eigenvalue weighted by atomic mass is 10.2. The van der Waals surface area contributed by atoms with Crippen LogP contribution in [0.25, 0.3) is 0 Å². The summed E-state index contributed by atoms with van der Waals surface area (Å²) in [6.45, 7) is 5.87. The maximum absolute atomic E-state index is 12.8. The van der Waals surface area contributed by atoms with Gasteiger partial charge in [0.15, 0.2) is 0 Å². The molecule has 4 heteroatoms. The third kappa shape index (κ3) is 6.34. The number of halogens is 2. The lowest BCUT2D eigenvalue weighted by Crippen LogP contribution is -2.24. The maximum atomic E-state index is 12.8. The average Bonchev–Trinajstić information content (AvgIpc) is 2.21. The Bertz CT molecular complexity index is 322. The summed E-state index contributed by atoms with van der Waals surface area (Å²) in [7, 11) is 0. The molecule has 0 heterocycles. The van der Waals surface area contributed by atoms with Crippen LogP contribution in [0.3, 0.4) is 0 Å². The fourth-order valence-corrected chi connectivity index (χ4v) is 1.45. The molecule has 0 fully saturated rings. The molecule has 1 rings (SSSR count). The smallest absolute Gasteiger partial charge is 0.126 e. The highest BCUT2D eigenvalue weighted by Gasteiger charge is 2.00. The highest BCUT2D eigenvalue weighted by Crippen LogP contribution is 2.08. The Balaban J connectivity index is 2.18. The van der Waals surface area contributed by atoms with Crippen molar-refractivity contribution in [2.24, 2.45) is 0 Å². The summed E-state index contributed by atoms with van der Waals surface area (Å²) >= 11 is 0. The van der Waals surface area contributed by atoms with Gasteiger partial charge >= 0.3 is 0 Å². The number of hydrogen-bond donors (Lipinski definition) is 1. The van der Waals surface area contributed by atoms with Crippen LogP contribution in [0.1, 0.15) is 25.8 Å². The van der Waals surface area contributed by atoms with Gasteiger partial charge in [0.05, 0.1) is 6.61 Å². The molecule has 0 amide bonds. The molecule has 96 valence electrons. The molecule has 2 nitrogen and oxygen atoms in total. The van der Waals surface area contributed by atoms with Crippen LogP contribution in [-0.4, -0.2) is 19.2 Å². The first kappa shape index (κ1) is 14.1. The predicted octanol–water partition coefficient (Wildman–Crippen LogP) is 2.87. The molecular formula is C13H19F2NO. The Morgan fingerprint density at radius 3 is 2.41 bits per heavy atom. The minimum atomic E-state index is -0.565. The van der Waals surface area contributed by atoms with Crippen LogP contribution in [0, 0.1) is 11.6 Å². The Labute approximate surface area is 101 Å². The van der Waals surface area contributed by atoms with Crippen molar-refractivity contribution in [3.63, 3.8) is 0 Å². The van der Waals surface area contributed by atoms with E-state index in [0.29, 0.717) is 18.2 Å². The van der Waals surface area contributed by atoms with Crippen molar-refractivity contribution in [1.29, 1.82) is 0 Å². The quantitative estimate of drug-likeness (QED) is 0.743. The number of rotatable bonds is 7. The van der Waals surface area contributed by atoms with E-state index >= 15 is 0 Å². The van der Waals surface area contributed by atoms with E-state index < -0.39 is 11.6 Å². The van der Waals surface area contributed by atoms with Crippen LogP contribution in [0.15, 0.2) is 18.2 Å². The largest absolute Gasteiger partial charge is 0.377 e. The van der Waals surface area contributed by atoms with E-state index in [0.717, 1.165) is 19.0 Å². The summed E-state index contributed by atoms with van der Waals surface area (Å²) in [4.78, 5) is 0. The molecule has 1 N–H and O–H groups in total. The molecule has 0 saturated carbocycles. The topological polar surface area (TPSA) is 21.3 Å². The lowest BCUT2D eigenvalue weighted by Gasteiger charge is -2.08. The number of nitrogens with one attached hydrogen (secondary N) is 1. The van der Waals surface area contributed by atoms with Crippen LogP contribution in [0.5, 0.6) is 0 Å². The van der Waals surface area contributed by atoms with Crippen molar-refractivity contribution in [1.82, 2.24) is 5.32 Å². The molecule has 0 radical (unpaired) electrons. The van der Waals surface area contributed by atoms with Crippen molar-refractivity contribution in [3.8, 4) is 0 Å².